The molecule has 2 nitrogen and oxygen atoms in total. The van der Waals surface area contributed by atoms with E-state index in [1.807, 2.05) is 37.4 Å². The van der Waals surface area contributed by atoms with E-state index in [9.17, 15) is 4.39 Å². The predicted molar refractivity (Wildman–Crippen MR) is 82.6 cm³/mol. The Morgan fingerprint density at radius 1 is 1.20 bits per heavy atom. The summed E-state index contributed by atoms with van der Waals surface area (Å²) in [5.74, 6) is 0.594. The molecule has 0 aliphatic carbocycles. The highest BCUT2D eigenvalue weighted by Gasteiger charge is 2.16. The average Bonchev–Trinajstić information content (AvgIpc) is 2.49. The van der Waals surface area contributed by atoms with E-state index in [-0.39, 0.29) is 11.9 Å². The molecule has 0 amide bonds. The van der Waals surface area contributed by atoms with Crippen LogP contribution < -0.4 is 10.1 Å². The molecule has 1 atom stereocenters. The summed E-state index contributed by atoms with van der Waals surface area (Å²) in [6.07, 6.45) is 0.676. The lowest BCUT2D eigenvalue weighted by atomic mass is 9.98. The molecule has 0 saturated heterocycles. The van der Waals surface area contributed by atoms with Gasteiger partial charge in [-0.3, -0.25) is 0 Å². The molecule has 106 valence electrons. The maximum absolute atomic E-state index is 13.6. The predicted octanol–water partition coefficient (Wildman–Crippen LogP) is 4.10. The minimum atomic E-state index is -0.239. The van der Waals surface area contributed by atoms with Gasteiger partial charge in [0, 0.05) is 11.6 Å². The van der Waals surface area contributed by atoms with Crippen LogP contribution in [0.5, 0.6) is 5.75 Å². The maximum Gasteiger partial charge on any atom is 0.137 e. The minimum Gasteiger partial charge on any atom is -0.496 e. The van der Waals surface area contributed by atoms with E-state index in [1.54, 1.807) is 13.2 Å². The lowest BCUT2D eigenvalue weighted by Crippen LogP contribution is -2.19. The van der Waals surface area contributed by atoms with E-state index in [4.69, 9.17) is 4.74 Å². The summed E-state index contributed by atoms with van der Waals surface area (Å²) in [6, 6.07) is 13.0. The summed E-state index contributed by atoms with van der Waals surface area (Å²) in [5.41, 5.74) is 1.99. The summed E-state index contributed by atoms with van der Waals surface area (Å²) in [7, 11) is 3.55. The first-order chi connectivity index (χ1) is 9.67. The second-order valence-corrected chi connectivity index (χ2v) is 5.29. The molecule has 1 N–H and O–H groups in total. The first-order valence-electron chi connectivity index (χ1n) is 6.40. The molecule has 20 heavy (non-hydrogen) atoms. The normalized spacial score (nSPS) is 12.2. The number of hydrogen-bond donors (Lipinski definition) is 1. The molecule has 0 aliphatic rings. The fourth-order valence-electron chi connectivity index (χ4n) is 2.25. The molecular formula is C16H17BrFNO. The molecule has 1 unspecified atom stereocenters. The zero-order valence-electron chi connectivity index (χ0n) is 11.5. The number of ether oxygens (including phenoxy) is 1. The first-order valence-corrected chi connectivity index (χ1v) is 7.19. The van der Waals surface area contributed by atoms with Crippen molar-refractivity contribution in [1.82, 2.24) is 5.32 Å². The molecule has 0 heterocycles. The Labute approximate surface area is 127 Å². The van der Waals surface area contributed by atoms with Crippen LogP contribution in [0.1, 0.15) is 17.2 Å². The van der Waals surface area contributed by atoms with Gasteiger partial charge in [0.05, 0.1) is 11.6 Å². The number of nitrogens with one attached hydrogen (secondary N) is 1. The summed E-state index contributed by atoms with van der Waals surface area (Å²) in [5, 5.41) is 3.26. The van der Waals surface area contributed by atoms with Gasteiger partial charge in [-0.2, -0.15) is 0 Å². The SMILES string of the molecule is CNC(Cc1cccc(F)c1Br)c1ccccc1OC. The van der Waals surface area contributed by atoms with Crippen molar-refractivity contribution in [2.75, 3.05) is 14.2 Å². The smallest absolute Gasteiger partial charge is 0.137 e. The lowest BCUT2D eigenvalue weighted by Gasteiger charge is -2.20. The molecule has 2 rings (SSSR count). The number of benzene rings is 2. The van der Waals surface area contributed by atoms with Crippen molar-refractivity contribution in [1.29, 1.82) is 0 Å². The molecule has 4 heteroatoms. The average molecular weight is 338 g/mol. The van der Waals surface area contributed by atoms with Crippen LogP contribution in [0, 0.1) is 5.82 Å². The van der Waals surface area contributed by atoms with Gasteiger partial charge < -0.3 is 10.1 Å². The molecule has 0 aromatic heterocycles. The maximum atomic E-state index is 13.6. The largest absolute Gasteiger partial charge is 0.496 e. The lowest BCUT2D eigenvalue weighted by molar-refractivity contribution is 0.401. The van der Waals surface area contributed by atoms with Crippen LogP contribution in [0.4, 0.5) is 4.39 Å². The highest BCUT2D eigenvalue weighted by Crippen LogP contribution is 2.30. The van der Waals surface area contributed by atoms with Gasteiger partial charge >= 0.3 is 0 Å². The van der Waals surface area contributed by atoms with Gasteiger partial charge in [0.2, 0.25) is 0 Å². The van der Waals surface area contributed by atoms with Gasteiger partial charge in [0.1, 0.15) is 11.6 Å². The second-order valence-electron chi connectivity index (χ2n) is 4.50. The molecule has 2 aromatic carbocycles. The van der Waals surface area contributed by atoms with Gasteiger partial charge in [0.25, 0.3) is 0 Å². The van der Waals surface area contributed by atoms with Crippen LogP contribution in [-0.4, -0.2) is 14.2 Å². The first kappa shape index (κ1) is 15.0. The van der Waals surface area contributed by atoms with Crippen molar-refractivity contribution in [3.63, 3.8) is 0 Å². The van der Waals surface area contributed by atoms with Gasteiger partial charge in [-0.25, -0.2) is 4.39 Å². The van der Waals surface area contributed by atoms with Crippen LogP contribution in [0.3, 0.4) is 0 Å². The standard InChI is InChI=1S/C16H17BrFNO/c1-19-14(12-7-3-4-9-15(12)20-2)10-11-6-5-8-13(18)16(11)17/h3-9,14,19H,10H2,1-2H3. The molecular weight excluding hydrogens is 321 g/mol. The number of rotatable bonds is 5. The summed E-state index contributed by atoms with van der Waals surface area (Å²) < 4.78 is 19.5. The Morgan fingerprint density at radius 3 is 2.65 bits per heavy atom. The van der Waals surface area contributed by atoms with E-state index in [2.05, 4.69) is 21.2 Å². The fraction of sp³-hybridized carbons (Fsp3) is 0.250. The van der Waals surface area contributed by atoms with Gasteiger partial charge in [-0.15, -0.1) is 0 Å². The number of likely N-dealkylation sites (N-methyl/N-ethyl adjacent to an activating group) is 1. The van der Waals surface area contributed by atoms with E-state index in [0.717, 1.165) is 16.9 Å². The highest BCUT2D eigenvalue weighted by atomic mass is 79.9. The Morgan fingerprint density at radius 2 is 1.95 bits per heavy atom. The molecule has 2 aromatic rings. The number of methoxy groups -OCH3 is 1. The monoisotopic (exact) mass is 337 g/mol. The summed E-state index contributed by atoms with van der Waals surface area (Å²) >= 11 is 3.31. The third-order valence-electron chi connectivity index (χ3n) is 3.32. The quantitative estimate of drug-likeness (QED) is 0.886. The van der Waals surface area contributed by atoms with Crippen LogP contribution >= 0.6 is 15.9 Å². The fourth-order valence-corrected chi connectivity index (χ4v) is 2.67. The molecule has 0 saturated carbocycles. The molecule has 0 radical (unpaired) electrons. The topological polar surface area (TPSA) is 21.3 Å². The number of hydrogen-bond acceptors (Lipinski definition) is 2. The van der Waals surface area contributed by atoms with Crippen LogP contribution in [0.15, 0.2) is 46.9 Å². The Hall–Kier alpha value is -1.39. The summed E-state index contributed by atoms with van der Waals surface area (Å²) in [4.78, 5) is 0. The Balaban J connectivity index is 2.31. The van der Waals surface area contributed by atoms with Crippen molar-refractivity contribution in [3.8, 4) is 5.75 Å². The Bertz CT molecular complexity index is 588. The van der Waals surface area contributed by atoms with E-state index < -0.39 is 0 Å². The minimum absolute atomic E-state index is 0.0595. The third kappa shape index (κ3) is 3.19. The van der Waals surface area contributed by atoms with E-state index in [0.29, 0.717) is 10.9 Å². The van der Waals surface area contributed by atoms with Crippen molar-refractivity contribution in [3.05, 3.63) is 63.9 Å². The van der Waals surface area contributed by atoms with Crippen LogP contribution in [-0.2, 0) is 6.42 Å². The zero-order valence-corrected chi connectivity index (χ0v) is 13.1. The zero-order chi connectivity index (χ0) is 14.5. The van der Waals surface area contributed by atoms with Crippen molar-refractivity contribution < 1.29 is 9.13 Å². The molecule has 0 bridgehead atoms. The van der Waals surface area contributed by atoms with Gasteiger partial charge in [-0.1, -0.05) is 30.3 Å². The molecule has 0 spiro atoms. The number of para-hydroxylation sites is 1. The van der Waals surface area contributed by atoms with Crippen molar-refractivity contribution in [2.24, 2.45) is 0 Å². The van der Waals surface area contributed by atoms with Crippen molar-refractivity contribution in [2.45, 2.75) is 12.5 Å². The second kappa shape index (κ2) is 6.86. The van der Waals surface area contributed by atoms with E-state index >= 15 is 0 Å². The van der Waals surface area contributed by atoms with E-state index in [1.165, 1.54) is 6.07 Å². The van der Waals surface area contributed by atoms with Crippen LogP contribution in [0.2, 0.25) is 0 Å². The van der Waals surface area contributed by atoms with Crippen LogP contribution in [0.25, 0.3) is 0 Å². The molecule has 0 aliphatic heterocycles. The van der Waals surface area contributed by atoms with Gasteiger partial charge in [-0.05, 0) is 47.1 Å². The number of halogens is 2. The third-order valence-corrected chi connectivity index (χ3v) is 4.21. The Kier molecular flexibility index (Phi) is 5.15. The van der Waals surface area contributed by atoms with Crippen molar-refractivity contribution >= 4 is 15.9 Å². The van der Waals surface area contributed by atoms with Gasteiger partial charge in [0.15, 0.2) is 0 Å². The summed E-state index contributed by atoms with van der Waals surface area (Å²) in [6.45, 7) is 0. The highest BCUT2D eigenvalue weighted by molar-refractivity contribution is 9.10. The molecule has 0 fully saturated rings.